The normalized spacial score (nSPS) is 10.8. The number of ether oxygens (including phenoxy) is 2. The molecule has 36 heavy (non-hydrogen) atoms. The molecule has 0 fully saturated rings. The zero-order chi connectivity index (χ0) is 25.3. The molecular formula is C32H24N2O2. The Kier molecular flexibility index (Phi) is 7.61. The van der Waals surface area contributed by atoms with Crippen molar-refractivity contribution in [1.29, 1.82) is 10.5 Å². The first kappa shape index (κ1) is 24.1. The van der Waals surface area contributed by atoms with Gasteiger partial charge in [-0.3, -0.25) is 0 Å². The van der Waals surface area contributed by atoms with Gasteiger partial charge in [0.25, 0.3) is 0 Å². The van der Waals surface area contributed by atoms with Crippen LogP contribution in [-0.4, -0.2) is 14.2 Å². The van der Waals surface area contributed by atoms with Crippen molar-refractivity contribution in [3.8, 4) is 34.8 Å². The van der Waals surface area contributed by atoms with Gasteiger partial charge < -0.3 is 9.47 Å². The molecule has 4 aromatic carbocycles. The van der Waals surface area contributed by atoms with Crippen LogP contribution in [0.3, 0.4) is 0 Å². The third kappa shape index (κ3) is 5.70. The number of hydrogen-bond acceptors (Lipinski definition) is 4. The molecule has 0 aliphatic carbocycles. The molecular weight excluding hydrogens is 444 g/mol. The predicted octanol–water partition coefficient (Wildman–Crippen LogP) is 7.45. The summed E-state index contributed by atoms with van der Waals surface area (Å²) >= 11 is 0. The van der Waals surface area contributed by atoms with E-state index in [-0.39, 0.29) is 0 Å². The van der Waals surface area contributed by atoms with E-state index in [2.05, 4.69) is 60.7 Å². The molecule has 0 heterocycles. The first-order valence-corrected chi connectivity index (χ1v) is 11.4. The number of nitriles is 2. The standard InChI is InChI=1S/C32H24N2O2/c1-35-31-19-25(11-17-29(31)21-33)5-3-23-7-13-27(14-8-23)28-15-9-24(10-16-28)4-6-26-12-18-30(22-34)32(20-26)36-2/h3-20H,1-2H3. The van der Waals surface area contributed by atoms with E-state index in [9.17, 15) is 0 Å². The molecule has 0 spiro atoms. The lowest BCUT2D eigenvalue weighted by Gasteiger charge is -2.05. The minimum absolute atomic E-state index is 0.523. The van der Waals surface area contributed by atoms with E-state index in [1.54, 1.807) is 26.4 Å². The predicted molar refractivity (Wildman–Crippen MR) is 145 cm³/mol. The minimum atomic E-state index is 0.523. The van der Waals surface area contributed by atoms with E-state index >= 15 is 0 Å². The molecule has 4 aromatic rings. The largest absolute Gasteiger partial charge is 0.495 e. The van der Waals surface area contributed by atoms with Crippen LogP contribution in [-0.2, 0) is 0 Å². The Labute approximate surface area is 211 Å². The summed E-state index contributed by atoms with van der Waals surface area (Å²) in [5.41, 5.74) is 7.43. The van der Waals surface area contributed by atoms with Crippen LogP contribution >= 0.6 is 0 Å². The van der Waals surface area contributed by atoms with E-state index in [0.717, 1.165) is 33.4 Å². The van der Waals surface area contributed by atoms with E-state index in [1.807, 2.05) is 48.6 Å². The van der Waals surface area contributed by atoms with Crippen LogP contribution < -0.4 is 9.47 Å². The number of nitrogens with zero attached hydrogens (tertiary/aromatic N) is 2. The second-order valence-corrected chi connectivity index (χ2v) is 8.05. The van der Waals surface area contributed by atoms with Crippen LogP contribution in [0.1, 0.15) is 33.4 Å². The van der Waals surface area contributed by atoms with Gasteiger partial charge in [0.1, 0.15) is 23.6 Å². The van der Waals surface area contributed by atoms with Crippen molar-refractivity contribution in [2.75, 3.05) is 14.2 Å². The quantitative estimate of drug-likeness (QED) is 0.264. The first-order valence-electron chi connectivity index (χ1n) is 11.4. The smallest absolute Gasteiger partial charge is 0.137 e. The summed E-state index contributed by atoms with van der Waals surface area (Å²) < 4.78 is 10.6. The molecule has 0 radical (unpaired) electrons. The summed E-state index contributed by atoms with van der Waals surface area (Å²) in [6.45, 7) is 0. The number of methoxy groups -OCH3 is 2. The van der Waals surface area contributed by atoms with Crippen molar-refractivity contribution in [2.24, 2.45) is 0 Å². The molecule has 4 nitrogen and oxygen atoms in total. The summed E-state index contributed by atoms with van der Waals surface area (Å²) in [5, 5.41) is 18.3. The van der Waals surface area contributed by atoms with Gasteiger partial charge in [-0.15, -0.1) is 0 Å². The Morgan fingerprint density at radius 3 is 1.17 bits per heavy atom. The summed E-state index contributed by atoms with van der Waals surface area (Å²) in [7, 11) is 3.13. The van der Waals surface area contributed by atoms with Crippen LogP contribution in [0.4, 0.5) is 0 Å². The molecule has 174 valence electrons. The maximum Gasteiger partial charge on any atom is 0.137 e. The summed E-state index contributed by atoms with van der Waals surface area (Å²) in [6, 6.07) is 32.1. The zero-order valence-corrected chi connectivity index (χ0v) is 20.1. The lowest BCUT2D eigenvalue weighted by molar-refractivity contribution is 0.413. The lowest BCUT2D eigenvalue weighted by Crippen LogP contribution is -1.88. The highest BCUT2D eigenvalue weighted by Gasteiger charge is 2.03. The summed E-state index contributed by atoms with van der Waals surface area (Å²) in [6.07, 6.45) is 8.08. The van der Waals surface area contributed by atoms with E-state index in [4.69, 9.17) is 20.0 Å². The molecule has 0 saturated heterocycles. The fraction of sp³-hybridized carbons (Fsp3) is 0.0625. The highest BCUT2D eigenvalue weighted by molar-refractivity contribution is 5.75. The summed E-state index contributed by atoms with van der Waals surface area (Å²) in [4.78, 5) is 0. The fourth-order valence-electron chi connectivity index (χ4n) is 3.77. The van der Waals surface area contributed by atoms with Gasteiger partial charge in [-0.05, 0) is 57.6 Å². The summed E-state index contributed by atoms with van der Waals surface area (Å²) in [5.74, 6) is 1.15. The molecule has 0 amide bonds. The van der Waals surface area contributed by atoms with Crippen LogP contribution in [0.25, 0.3) is 35.4 Å². The van der Waals surface area contributed by atoms with Gasteiger partial charge in [-0.25, -0.2) is 0 Å². The maximum atomic E-state index is 9.13. The molecule has 4 heteroatoms. The van der Waals surface area contributed by atoms with E-state index in [0.29, 0.717) is 22.6 Å². The van der Waals surface area contributed by atoms with Crippen molar-refractivity contribution < 1.29 is 9.47 Å². The van der Waals surface area contributed by atoms with Crippen molar-refractivity contribution in [3.05, 3.63) is 118 Å². The zero-order valence-electron chi connectivity index (χ0n) is 20.1. The molecule has 0 N–H and O–H groups in total. The minimum Gasteiger partial charge on any atom is -0.495 e. The molecule has 0 aliphatic heterocycles. The first-order chi connectivity index (χ1) is 17.6. The molecule has 0 aromatic heterocycles. The monoisotopic (exact) mass is 468 g/mol. The Bertz CT molecular complexity index is 1380. The average Bonchev–Trinajstić information content (AvgIpc) is 2.95. The van der Waals surface area contributed by atoms with Crippen molar-refractivity contribution in [3.63, 3.8) is 0 Å². The third-order valence-corrected chi connectivity index (χ3v) is 5.78. The lowest BCUT2D eigenvalue weighted by atomic mass is 10.0. The second-order valence-electron chi connectivity index (χ2n) is 8.05. The van der Waals surface area contributed by atoms with Crippen LogP contribution in [0.15, 0.2) is 84.9 Å². The fourth-order valence-corrected chi connectivity index (χ4v) is 3.77. The van der Waals surface area contributed by atoms with Gasteiger partial charge >= 0.3 is 0 Å². The molecule has 0 saturated carbocycles. The molecule has 0 aliphatic rings. The van der Waals surface area contributed by atoms with Gasteiger partial charge in [0.05, 0.1) is 25.3 Å². The van der Waals surface area contributed by atoms with E-state index in [1.165, 1.54) is 0 Å². The Morgan fingerprint density at radius 2 is 0.833 bits per heavy atom. The molecule has 0 unspecified atom stereocenters. The number of hydrogen-bond donors (Lipinski definition) is 0. The highest BCUT2D eigenvalue weighted by atomic mass is 16.5. The second kappa shape index (κ2) is 11.4. The van der Waals surface area contributed by atoms with Crippen LogP contribution in [0.5, 0.6) is 11.5 Å². The van der Waals surface area contributed by atoms with Gasteiger partial charge in [0.2, 0.25) is 0 Å². The SMILES string of the molecule is COc1cc(C=Cc2ccc(-c3ccc(C=Cc4ccc(C#N)c(OC)c4)cc3)cc2)ccc1C#N. The Hall–Kier alpha value is -5.06. The van der Waals surface area contributed by atoms with Gasteiger partial charge in [0, 0.05) is 0 Å². The number of benzene rings is 4. The van der Waals surface area contributed by atoms with E-state index < -0.39 is 0 Å². The van der Waals surface area contributed by atoms with Crippen LogP contribution in [0.2, 0.25) is 0 Å². The number of rotatable bonds is 7. The maximum absolute atomic E-state index is 9.13. The average molecular weight is 469 g/mol. The van der Waals surface area contributed by atoms with Gasteiger partial charge in [-0.1, -0.05) is 85.0 Å². The molecule has 0 atom stereocenters. The van der Waals surface area contributed by atoms with Crippen molar-refractivity contribution in [1.82, 2.24) is 0 Å². The van der Waals surface area contributed by atoms with Gasteiger partial charge in [0.15, 0.2) is 0 Å². The van der Waals surface area contributed by atoms with Crippen molar-refractivity contribution >= 4 is 24.3 Å². The topological polar surface area (TPSA) is 66.0 Å². The highest BCUT2D eigenvalue weighted by Crippen LogP contribution is 2.24. The third-order valence-electron chi connectivity index (χ3n) is 5.78. The molecule has 0 bridgehead atoms. The Morgan fingerprint density at radius 1 is 0.500 bits per heavy atom. The van der Waals surface area contributed by atoms with Crippen LogP contribution in [0, 0.1) is 22.7 Å². The van der Waals surface area contributed by atoms with Crippen molar-refractivity contribution in [2.45, 2.75) is 0 Å². The molecule has 4 rings (SSSR count). The Balaban J connectivity index is 1.43. The van der Waals surface area contributed by atoms with Gasteiger partial charge in [-0.2, -0.15) is 10.5 Å².